The third-order valence-electron chi connectivity index (χ3n) is 2.85. The fourth-order valence-electron chi connectivity index (χ4n) is 1.88. The topological polar surface area (TPSA) is 29.1 Å². The van der Waals surface area contributed by atoms with Gasteiger partial charge in [0.25, 0.3) is 5.91 Å². The van der Waals surface area contributed by atoms with Crippen LogP contribution in [0.1, 0.15) is 36.5 Å². The van der Waals surface area contributed by atoms with Crippen LogP contribution in [0, 0.1) is 11.7 Å². The van der Waals surface area contributed by atoms with Gasteiger partial charge in [-0.2, -0.15) is 0 Å². The number of carbonyl (C=O) groups is 1. The van der Waals surface area contributed by atoms with Gasteiger partial charge in [0.05, 0.1) is 0 Å². The normalized spacial score (nSPS) is 12.2. The molecule has 0 saturated heterocycles. The van der Waals surface area contributed by atoms with Gasteiger partial charge in [-0.1, -0.05) is 19.4 Å². The van der Waals surface area contributed by atoms with Crippen molar-refractivity contribution in [2.24, 2.45) is 5.92 Å². The van der Waals surface area contributed by atoms with E-state index in [0.717, 1.165) is 19.3 Å². The molecule has 2 nitrogen and oxygen atoms in total. The van der Waals surface area contributed by atoms with Crippen LogP contribution < -0.4 is 5.32 Å². The first kappa shape index (κ1) is 15.0. The minimum absolute atomic E-state index is 0.231. The molecule has 1 atom stereocenters. The van der Waals surface area contributed by atoms with Gasteiger partial charge >= 0.3 is 0 Å². The van der Waals surface area contributed by atoms with Crippen LogP contribution in [0.15, 0.2) is 24.3 Å². The zero-order valence-electron chi connectivity index (χ0n) is 10.6. The number of hydrogen-bond acceptors (Lipinski definition) is 1. The van der Waals surface area contributed by atoms with E-state index in [1.807, 2.05) is 0 Å². The fraction of sp³-hybridized carbons (Fsp3) is 0.500. The van der Waals surface area contributed by atoms with Gasteiger partial charge in [0.1, 0.15) is 5.82 Å². The van der Waals surface area contributed by atoms with Crippen LogP contribution in [0.5, 0.6) is 0 Å². The van der Waals surface area contributed by atoms with Crippen molar-refractivity contribution in [1.82, 2.24) is 5.32 Å². The largest absolute Gasteiger partial charge is 0.352 e. The van der Waals surface area contributed by atoms with E-state index >= 15 is 0 Å². The molecular weight excluding hydrogens is 253 g/mol. The van der Waals surface area contributed by atoms with E-state index in [4.69, 9.17) is 11.6 Å². The second-order valence-electron chi connectivity index (χ2n) is 4.35. The lowest BCUT2D eigenvalue weighted by molar-refractivity contribution is 0.0945. The monoisotopic (exact) mass is 271 g/mol. The Morgan fingerprint density at radius 3 is 2.83 bits per heavy atom. The third kappa shape index (κ3) is 5.05. The Hall–Kier alpha value is -1.09. The molecular formula is C14H19ClFNO. The molecule has 18 heavy (non-hydrogen) atoms. The summed E-state index contributed by atoms with van der Waals surface area (Å²) in [6.45, 7) is 2.70. The molecule has 0 radical (unpaired) electrons. The van der Waals surface area contributed by atoms with E-state index in [9.17, 15) is 9.18 Å². The summed E-state index contributed by atoms with van der Waals surface area (Å²) in [4.78, 5) is 11.8. The summed E-state index contributed by atoms with van der Waals surface area (Å²) in [6, 6.07) is 5.71. The summed E-state index contributed by atoms with van der Waals surface area (Å²) in [6.07, 6.45) is 2.99. The maximum Gasteiger partial charge on any atom is 0.251 e. The predicted molar refractivity (Wildman–Crippen MR) is 72.5 cm³/mol. The van der Waals surface area contributed by atoms with Gasteiger partial charge in [-0.05, 0) is 37.0 Å². The first-order valence-corrected chi connectivity index (χ1v) is 6.80. The molecule has 0 heterocycles. The Bertz CT molecular complexity index is 378. The first-order chi connectivity index (χ1) is 8.67. The smallest absolute Gasteiger partial charge is 0.251 e. The van der Waals surface area contributed by atoms with E-state index in [1.54, 1.807) is 6.07 Å². The van der Waals surface area contributed by atoms with Crippen LogP contribution in [-0.2, 0) is 0 Å². The van der Waals surface area contributed by atoms with Gasteiger partial charge in [0.15, 0.2) is 0 Å². The molecule has 1 rings (SSSR count). The Labute approximate surface area is 113 Å². The predicted octanol–water partition coefficient (Wildman–Crippen LogP) is 3.60. The number of amides is 1. The van der Waals surface area contributed by atoms with Crippen LogP contribution in [0.4, 0.5) is 4.39 Å². The van der Waals surface area contributed by atoms with Crippen molar-refractivity contribution in [3.8, 4) is 0 Å². The van der Waals surface area contributed by atoms with E-state index in [0.29, 0.717) is 23.9 Å². The molecule has 0 aliphatic rings. The van der Waals surface area contributed by atoms with Crippen molar-refractivity contribution in [3.05, 3.63) is 35.6 Å². The standard InChI is InChI=1S/C14H19ClFNO/c1-2-4-11(7-8-15)10-17-14(18)12-5-3-6-13(16)9-12/h3,5-6,9,11H,2,4,7-8,10H2,1H3,(H,17,18). The highest BCUT2D eigenvalue weighted by molar-refractivity contribution is 6.17. The first-order valence-electron chi connectivity index (χ1n) is 6.27. The van der Waals surface area contributed by atoms with E-state index < -0.39 is 5.82 Å². The summed E-state index contributed by atoms with van der Waals surface area (Å²) in [7, 11) is 0. The highest BCUT2D eigenvalue weighted by atomic mass is 35.5. The van der Waals surface area contributed by atoms with Gasteiger partial charge in [0, 0.05) is 18.0 Å². The van der Waals surface area contributed by atoms with Crippen LogP contribution in [0.2, 0.25) is 0 Å². The minimum atomic E-state index is -0.395. The zero-order valence-corrected chi connectivity index (χ0v) is 11.3. The molecule has 1 aromatic carbocycles. The molecule has 0 aliphatic carbocycles. The van der Waals surface area contributed by atoms with Crippen LogP contribution >= 0.6 is 11.6 Å². The van der Waals surface area contributed by atoms with Crippen LogP contribution in [0.25, 0.3) is 0 Å². The van der Waals surface area contributed by atoms with Gasteiger partial charge in [-0.15, -0.1) is 11.6 Å². The number of nitrogens with one attached hydrogen (secondary N) is 1. The fourth-order valence-corrected chi connectivity index (χ4v) is 2.19. The Balaban J connectivity index is 2.49. The lowest BCUT2D eigenvalue weighted by Crippen LogP contribution is -2.29. The summed E-state index contributed by atoms with van der Waals surface area (Å²) in [5.74, 6) is 0.365. The van der Waals surface area contributed by atoms with Crippen molar-refractivity contribution in [2.75, 3.05) is 12.4 Å². The van der Waals surface area contributed by atoms with Crippen molar-refractivity contribution in [3.63, 3.8) is 0 Å². The Morgan fingerprint density at radius 1 is 1.44 bits per heavy atom. The van der Waals surface area contributed by atoms with Crippen molar-refractivity contribution in [1.29, 1.82) is 0 Å². The molecule has 1 N–H and O–H groups in total. The minimum Gasteiger partial charge on any atom is -0.352 e. The maximum absolute atomic E-state index is 13.0. The molecule has 1 aromatic rings. The molecule has 0 aliphatic heterocycles. The maximum atomic E-state index is 13.0. The van der Waals surface area contributed by atoms with Crippen molar-refractivity contribution < 1.29 is 9.18 Å². The molecule has 0 spiro atoms. The van der Waals surface area contributed by atoms with Crippen LogP contribution in [0.3, 0.4) is 0 Å². The summed E-state index contributed by atoms with van der Waals surface area (Å²) in [5, 5.41) is 2.83. The average Bonchev–Trinajstić information content (AvgIpc) is 2.36. The summed E-state index contributed by atoms with van der Waals surface area (Å²) in [5.41, 5.74) is 0.358. The molecule has 4 heteroatoms. The Kier molecular flexibility index (Phi) is 6.73. The average molecular weight is 272 g/mol. The quantitative estimate of drug-likeness (QED) is 0.755. The molecule has 0 aromatic heterocycles. The number of hydrogen-bond donors (Lipinski definition) is 1. The molecule has 1 amide bonds. The van der Waals surface area contributed by atoms with Gasteiger partial charge in [-0.25, -0.2) is 4.39 Å². The number of halogens is 2. The number of alkyl halides is 1. The summed E-state index contributed by atoms with van der Waals surface area (Å²) < 4.78 is 13.0. The highest BCUT2D eigenvalue weighted by Gasteiger charge is 2.11. The molecule has 0 fully saturated rings. The third-order valence-corrected chi connectivity index (χ3v) is 3.07. The molecule has 100 valence electrons. The Morgan fingerprint density at radius 2 is 2.22 bits per heavy atom. The second-order valence-corrected chi connectivity index (χ2v) is 4.73. The lowest BCUT2D eigenvalue weighted by Gasteiger charge is -2.15. The molecule has 0 bridgehead atoms. The van der Waals surface area contributed by atoms with Gasteiger partial charge < -0.3 is 5.32 Å². The molecule has 0 saturated carbocycles. The number of rotatable bonds is 7. The van der Waals surface area contributed by atoms with Crippen molar-refractivity contribution in [2.45, 2.75) is 26.2 Å². The SMILES string of the molecule is CCCC(CCCl)CNC(=O)c1cccc(F)c1. The van der Waals surface area contributed by atoms with Crippen molar-refractivity contribution >= 4 is 17.5 Å². The number of carbonyl (C=O) groups excluding carboxylic acids is 1. The van der Waals surface area contributed by atoms with Crippen LogP contribution in [-0.4, -0.2) is 18.3 Å². The highest BCUT2D eigenvalue weighted by Crippen LogP contribution is 2.11. The summed E-state index contributed by atoms with van der Waals surface area (Å²) >= 11 is 5.72. The van der Waals surface area contributed by atoms with E-state index in [2.05, 4.69) is 12.2 Å². The second kappa shape index (κ2) is 8.09. The van der Waals surface area contributed by atoms with Gasteiger partial charge in [-0.3, -0.25) is 4.79 Å². The molecule has 1 unspecified atom stereocenters. The zero-order chi connectivity index (χ0) is 13.4. The van der Waals surface area contributed by atoms with E-state index in [-0.39, 0.29) is 5.91 Å². The lowest BCUT2D eigenvalue weighted by atomic mass is 10.0. The van der Waals surface area contributed by atoms with E-state index in [1.165, 1.54) is 18.2 Å². The number of benzene rings is 1. The van der Waals surface area contributed by atoms with Gasteiger partial charge in [0.2, 0.25) is 0 Å².